The Morgan fingerprint density at radius 1 is 1.33 bits per heavy atom. The third-order valence-electron chi connectivity index (χ3n) is 2.99. The fourth-order valence-electron chi connectivity index (χ4n) is 2.11. The van der Waals surface area contributed by atoms with Crippen molar-refractivity contribution >= 4 is 47.3 Å². The Kier molecular flexibility index (Phi) is 5.73. The lowest BCUT2D eigenvalue weighted by Crippen LogP contribution is -2.55. The molecule has 0 fully saturated rings. The van der Waals surface area contributed by atoms with Crippen molar-refractivity contribution in [2.75, 3.05) is 0 Å². The van der Waals surface area contributed by atoms with E-state index in [4.69, 9.17) is 27.9 Å². The molecule has 8 heteroatoms. The number of ether oxygens (including phenoxy) is 1. The van der Waals surface area contributed by atoms with Crippen molar-refractivity contribution < 1.29 is 14.3 Å². The number of allylic oxidation sites excluding steroid dienone is 1. The Hall–Kier alpha value is -1.37. The van der Waals surface area contributed by atoms with Gasteiger partial charge in [-0.2, -0.15) is 0 Å². The third-order valence-corrected chi connectivity index (χ3v) is 4.87. The van der Waals surface area contributed by atoms with Gasteiger partial charge in [-0.1, -0.05) is 47.1 Å². The lowest BCUT2D eigenvalue weighted by Gasteiger charge is -2.32. The van der Waals surface area contributed by atoms with Crippen LogP contribution in [0.4, 0.5) is 4.79 Å². The van der Waals surface area contributed by atoms with Gasteiger partial charge in [0.25, 0.3) is 0 Å². The Bertz CT molecular complexity index is 671. The number of nitrogens with one attached hydrogen (secondary N) is 2. The van der Waals surface area contributed by atoms with Crippen LogP contribution in [0.5, 0.6) is 0 Å². The van der Waals surface area contributed by atoms with Crippen molar-refractivity contribution in [2.45, 2.75) is 37.8 Å². The molecule has 1 heterocycles. The van der Waals surface area contributed by atoms with Crippen molar-refractivity contribution in [1.29, 1.82) is 0 Å². The van der Waals surface area contributed by atoms with Gasteiger partial charge in [0, 0.05) is 11.4 Å². The highest BCUT2D eigenvalue weighted by molar-refractivity contribution is 8.05. The molecule has 1 aliphatic heterocycles. The monoisotopic (exact) mass is 388 g/mol. The van der Waals surface area contributed by atoms with E-state index in [1.165, 1.54) is 0 Å². The zero-order chi connectivity index (χ0) is 18.0. The van der Waals surface area contributed by atoms with E-state index in [0.717, 1.165) is 17.3 Å². The summed E-state index contributed by atoms with van der Waals surface area (Å²) in [6.45, 7) is 5.32. The summed E-state index contributed by atoms with van der Waals surface area (Å²) in [7, 11) is 0. The highest BCUT2D eigenvalue weighted by Crippen LogP contribution is 2.39. The maximum atomic E-state index is 12.2. The van der Waals surface area contributed by atoms with Gasteiger partial charge in [-0.25, -0.2) is 4.79 Å². The fourth-order valence-corrected chi connectivity index (χ4v) is 3.71. The molecule has 1 aliphatic rings. The minimum atomic E-state index is -1.01. The number of hydrogen-bond acceptors (Lipinski definition) is 5. The molecular formula is C16H18Cl2N2O3S. The molecule has 1 unspecified atom stereocenters. The molecule has 0 spiro atoms. The minimum absolute atomic E-state index is 0.194. The zero-order valence-corrected chi connectivity index (χ0v) is 15.8. The quantitative estimate of drug-likeness (QED) is 0.602. The van der Waals surface area contributed by atoms with Crippen molar-refractivity contribution in [1.82, 2.24) is 10.6 Å². The number of hydrogen-bond donors (Lipinski definition) is 2. The standard InChI is InChI=1S/C16H18Cl2N2O3S/c1-15(2,3)23-14(22)20-16(19-13(18)12(9-21)24-16)8-10-4-6-11(17)7-5-10/h4-7,9,19H,8H2,1-3H3,(H,20,22). The third kappa shape index (κ3) is 5.06. The van der Waals surface area contributed by atoms with Gasteiger partial charge in [0.1, 0.15) is 10.8 Å². The Labute approximate surface area is 155 Å². The van der Waals surface area contributed by atoms with Gasteiger partial charge in [-0.3, -0.25) is 10.1 Å². The summed E-state index contributed by atoms with van der Waals surface area (Å²) in [5.41, 5.74) is 0.270. The van der Waals surface area contributed by atoms with E-state index >= 15 is 0 Å². The molecule has 0 saturated carbocycles. The van der Waals surface area contributed by atoms with E-state index in [2.05, 4.69) is 10.6 Å². The molecule has 1 atom stereocenters. The molecule has 1 aromatic carbocycles. The highest BCUT2D eigenvalue weighted by atomic mass is 35.5. The summed E-state index contributed by atoms with van der Waals surface area (Å²) >= 11 is 13.1. The SMILES string of the molecule is CC(C)(C)OC(=O)NC1(Cc2ccc(Cl)cc2)NC(Cl)=C(C=O)S1. The van der Waals surface area contributed by atoms with Crippen LogP contribution in [0.3, 0.4) is 0 Å². The topological polar surface area (TPSA) is 67.4 Å². The molecule has 24 heavy (non-hydrogen) atoms. The average Bonchev–Trinajstić information content (AvgIpc) is 2.75. The number of thioether (sulfide) groups is 1. The molecule has 5 nitrogen and oxygen atoms in total. The number of halogens is 2. The molecule has 2 N–H and O–H groups in total. The van der Waals surface area contributed by atoms with Gasteiger partial charge >= 0.3 is 6.09 Å². The first-order valence-electron chi connectivity index (χ1n) is 7.20. The lowest BCUT2D eigenvalue weighted by molar-refractivity contribution is -0.104. The molecule has 0 saturated heterocycles. The van der Waals surface area contributed by atoms with Gasteiger partial charge in [0.05, 0.1) is 4.91 Å². The smallest absolute Gasteiger partial charge is 0.410 e. The minimum Gasteiger partial charge on any atom is -0.444 e. The van der Waals surface area contributed by atoms with Crippen LogP contribution < -0.4 is 10.6 Å². The number of aldehydes is 1. The summed E-state index contributed by atoms with van der Waals surface area (Å²) in [6.07, 6.45) is 0.426. The summed E-state index contributed by atoms with van der Waals surface area (Å²) in [5, 5.41) is 6.57. The first-order chi connectivity index (χ1) is 11.1. The van der Waals surface area contributed by atoms with Crippen LogP contribution in [0.2, 0.25) is 5.02 Å². The second-order valence-electron chi connectivity index (χ2n) is 6.28. The van der Waals surface area contributed by atoms with Gasteiger partial charge in [-0.15, -0.1) is 0 Å². The Morgan fingerprint density at radius 3 is 2.46 bits per heavy atom. The lowest BCUT2D eigenvalue weighted by atomic mass is 10.1. The normalized spacial score (nSPS) is 20.5. The summed E-state index contributed by atoms with van der Waals surface area (Å²) in [4.78, 5) is 22.7. The van der Waals surface area contributed by atoms with Crippen molar-refractivity contribution in [3.63, 3.8) is 0 Å². The molecule has 0 bridgehead atoms. The molecular weight excluding hydrogens is 371 g/mol. The van der Waals surface area contributed by atoms with Crippen LogP contribution in [-0.2, 0) is 16.0 Å². The number of benzene rings is 1. The molecule has 1 aromatic rings. The molecule has 0 radical (unpaired) electrons. The van der Waals surface area contributed by atoms with Crippen LogP contribution in [0.15, 0.2) is 34.3 Å². The number of carbonyl (C=O) groups is 2. The zero-order valence-electron chi connectivity index (χ0n) is 13.5. The van der Waals surface area contributed by atoms with Crippen LogP contribution in [0.25, 0.3) is 0 Å². The average molecular weight is 389 g/mol. The summed E-state index contributed by atoms with van der Waals surface area (Å²) in [6, 6.07) is 7.20. The largest absolute Gasteiger partial charge is 0.444 e. The molecule has 0 aliphatic carbocycles. The first kappa shape index (κ1) is 19.0. The van der Waals surface area contributed by atoms with Crippen LogP contribution in [-0.4, -0.2) is 23.0 Å². The predicted molar refractivity (Wildman–Crippen MR) is 96.9 cm³/mol. The number of alkyl carbamates (subject to hydrolysis) is 1. The van der Waals surface area contributed by atoms with E-state index in [1.54, 1.807) is 32.9 Å². The second kappa shape index (κ2) is 7.25. The first-order valence-corrected chi connectivity index (χ1v) is 8.77. The van der Waals surface area contributed by atoms with Gasteiger partial charge in [0.15, 0.2) is 11.3 Å². The molecule has 1 amide bonds. The van der Waals surface area contributed by atoms with E-state index in [0.29, 0.717) is 22.6 Å². The van der Waals surface area contributed by atoms with Gasteiger partial charge < -0.3 is 10.1 Å². The number of amides is 1. The van der Waals surface area contributed by atoms with Crippen molar-refractivity contribution in [3.8, 4) is 0 Å². The maximum absolute atomic E-state index is 12.2. The Morgan fingerprint density at radius 2 is 1.96 bits per heavy atom. The summed E-state index contributed by atoms with van der Waals surface area (Å²) < 4.78 is 5.31. The maximum Gasteiger partial charge on any atom is 0.410 e. The van der Waals surface area contributed by atoms with Gasteiger partial charge in [-0.05, 0) is 38.5 Å². The van der Waals surface area contributed by atoms with Gasteiger partial charge in [0.2, 0.25) is 0 Å². The predicted octanol–water partition coefficient (Wildman–Crippen LogP) is 4.00. The van der Waals surface area contributed by atoms with E-state index in [1.807, 2.05) is 12.1 Å². The second-order valence-corrected chi connectivity index (χ2v) is 8.44. The van der Waals surface area contributed by atoms with Crippen LogP contribution in [0.1, 0.15) is 26.3 Å². The van der Waals surface area contributed by atoms with Crippen molar-refractivity contribution in [2.24, 2.45) is 0 Å². The molecule has 130 valence electrons. The van der Waals surface area contributed by atoms with E-state index in [-0.39, 0.29) is 5.16 Å². The highest BCUT2D eigenvalue weighted by Gasteiger charge is 2.41. The van der Waals surface area contributed by atoms with Crippen molar-refractivity contribution in [3.05, 3.63) is 44.9 Å². The molecule has 0 aromatic heterocycles. The molecule has 2 rings (SSSR count). The number of carbonyl (C=O) groups excluding carboxylic acids is 2. The number of rotatable bonds is 4. The summed E-state index contributed by atoms with van der Waals surface area (Å²) in [5.74, 6) is 0. The Balaban J connectivity index is 2.21. The van der Waals surface area contributed by atoms with Crippen LogP contribution >= 0.6 is 35.0 Å². The van der Waals surface area contributed by atoms with E-state index in [9.17, 15) is 9.59 Å². The fraction of sp³-hybridized carbons (Fsp3) is 0.375. The van der Waals surface area contributed by atoms with E-state index < -0.39 is 16.7 Å². The van der Waals surface area contributed by atoms with Crippen LogP contribution in [0, 0.1) is 0 Å².